The van der Waals surface area contributed by atoms with Crippen molar-refractivity contribution in [2.75, 3.05) is 0 Å². The molecule has 0 aliphatic rings. The van der Waals surface area contributed by atoms with Gasteiger partial charge in [0.2, 0.25) is 5.78 Å². The molecule has 0 fully saturated rings. The minimum absolute atomic E-state index is 0.0380. The van der Waals surface area contributed by atoms with Crippen molar-refractivity contribution in [2.45, 2.75) is 144 Å². The third-order valence-corrected chi connectivity index (χ3v) is 8.30. The van der Waals surface area contributed by atoms with Gasteiger partial charge in [0, 0.05) is 47.9 Å². The van der Waals surface area contributed by atoms with Crippen molar-refractivity contribution in [3.8, 4) is 0 Å². The number of imidazole rings is 1. The predicted octanol–water partition coefficient (Wildman–Crippen LogP) is 9.02. The molecule has 0 aliphatic carbocycles. The largest absolute Gasteiger partial charge is 0.291 e. The van der Waals surface area contributed by atoms with Crippen molar-refractivity contribution in [2.24, 2.45) is 0 Å². The number of hydrogen-bond donors (Lipinski definition) is 0. The van der Waals surface area contributed by atoms with Crippen LogP contribution in [-0.2, 0) is 21.7 Å². The van der Waals surface area contributed by atoms with Gasteiger partial charge in [0.1, 0.15) is 6.33 Å². The zero-order valence-corrected chi connectivity index (χ0v) is 32.7. The van der Waals surface area contributed by atoms with Gasteiger partial charge in [-0.25, -0.2) is 29.0 Å². The van der Waals surface area contributed by atoms with E-state index in [1.54, 1.807) is 16.9 Å². The summed E-state index contributed by atoms with van der Waals surface area (Å²) in [5, 5.41) is 8.38. The first-order valence-corrected chi connectivity index (χ1v) is 17.4. The van der Waals surface area contributed by atoms with Crippen molar-refractivity contribution >= 4 is 17.2 Å². The van der Waals surface area contributed by atoms with E-state index in [0.29, 0.717) is 17.6 Å². The lowest BCUT2D eigenvalue weighted by Crippen LogP contribution is -2.24. The van der Waals surface area contributed by atoms with E-state index in [1.165, 1.54) is 23.0 Å². The third-order valence-electron chi connectivity index (χ3n) is 8.30. The summed E-state index contributed by atoms with van der Waals surface area (Å²) in [7, 11) is 0. The van der Waals surface area contributed by atoms with E-state index in [4.69, 9.17) is 9.97 Å². The zero-order valence-electron chi connectivity index (χ0n) is 32.7. The molecule has 0 unspecified atom stereocenters. The van der Waals surface area contributed by atoms with Gasteiger partial charge in [0.05, 0.1) is 23.3 Å². The van der Waals surface area contributed by atoms with Gasteiger partial charge in [-0.2, -0.15) is 15.2 Å². The molecule has 0 saturated heterocycles. The summed E-state index contributed by atoms with van der Waals surface area (Å²) in [5.74, 6) is 2.35. The van der Waals surface area contributed by atoms with Gasteiger partial charge in [-0.1, -0.05) is 111 Å². The van der Waals surface area contributed by atoms with Crippen molar-refractivity contribution < 1.29 is 0 Å². The molecule has 0 radical (unpaired) electrons. The lowest BCUT2D eigenvalue weighted by molar-refractivity contribution is 0.510. The van der Waals surface area contributed by atoms with E-state index in [1.807, 2.05) is 27.4 Å². The molecule has 49 heavy (non-hydrogen) atoms. The van der Waals surface area contributed by atoms with Crippen LogP contribution in [0.1, 0.15) is 156 Å². The van der Waals surface area contributed by atoms with Gasteiger partial charge < -0.3 is 0 Å². The minimum atomic E-state index is 0.0380. The molecule has 0 aliphatic heterocycles. The zero-order chi connectivity index (χ0) is 36.7. The standard InChI is InChI=1S/2C14H21N3.C11H16N4/c1-13(2,3)10-9-17-8-7-15-12(17)16-11(10)14(4,5)6;1-13(2,3)10-9-17-11(7-8-15-17)16-12(10)14(4,5)6;1-7(2)9-5-15-11(12-6-13-15)14-10(9)8(3)4/h2*7-9H,1-6H3;5-8H,1-4H3. The van der Waals surface area contributed by atoms with Gasteiger partial charge in [0.25, 0.3) is 5.78 Å². The molecule has 6 rings (SSSR count). The predicted molar refractivity (Wildman–Crippen MR) is 200 cm³/mol. The maximum atomic E-state index is 4.77. The highest BCUT2D eigenvalue weighted by atomic mass is 15.3. The summed E-state index contributed by atoms with van der Waals surface area (Å²) in [6.07, 6.45) is 13.4. The summed E-state index contributed by atoms with van der Waals surface area (Å²) < 4.78 is 5.59. The second-order valence-electron chi connectivity index (χ2n) is 17.7. The Balaban J connectivity index is 0.000000166. The molecule has 0 bridgehead atoms. The number of hydrogen-bond acceptors (Lipinski definition) is 7. The normalized spacial score (nSPS) is 12.9. The molecule has 6 aromatic heterocycles. The maximum absolute atomic E-state index is 4.77. The Labute approximate surface area is 292 Å². The average Bonchev–Trinajstić information content (AvgIpc) is 3.74. The second kappa shape index (κ2) is 13.6. The molecule has 0 amide bonds. The average molecular weight is 667 g/mol. The number of fused-ring (bicyclic) bond motifs is 3. The first-order chi connectivity index (χ1) is 22.5. The fraction of sp³-hybridized carbons (Fsp3) is 0.564. The molecule has 10 heteroatoms. The van der Waals surface area contributed by atoms with E-state index >= 15 is 0 Å². The summed E-state index contributed by atoms with van der Waals surface area (Å²) in [4.78, 5) is 22.4. The maximum Gasteiger partial charge on any atom is 0.252 e. The number of nitrogens with zero attached hydrogens (tertiary/aromatic N) is 10. The molecule has 0 spiro atoms. The molecule has 6 aromatic rings. The molecule has 0 saturated carbocycles. The SMILES string of the molecule is CC(C)(C)c1cn2ccnc2nc1C(C)(C)C.CC(C)(C)c1cn2nccc2nc1C(C)(C)C.CC(C)c1cn2ncnc2nc1C(C)C. The minimum Gasteiger partial charge on any atom is -0.291 e. The van der Waals surface area contributed by atoms with E-state index in [9.17, 15) is 0 Å². The Morgan fingerprint density at radius 3 is 1.69 bits per heavy atom. The number of aromatic nitrogens is 10. The van der Waals surface area contributed by atoms with Crippen LogP contribution < -0.4 is 0 Å². The van der Waals surface area contributed by atoms with Crippen molar-refractivity contribution in [1.29, 1.82) is 0 Å². The van der Waals surface area contributed by atoms with E-state index in [2.05, 4.69) is 148 Å². The Hall–Kier alpha value is -4.21. The molecule has 264 valence electrons. The van der Waals surface area contributed by atoms with Crippen molar-refractivity contribution in [1.82, 2.24) is 48.5 Å². The van der Waals surface area contributed by atoms with Crippen LogP contribution in [-0.4, -0.2) is 48.5 Å². The molecule has 6 heterocycles. The van der Waals surface area contributed by atoms with E-state index in [-0.39, 0.29) is 21.7 Å². The van der Waals surface area contributed by atoms with Crippen LogP contribution in [0.2, 0.25) is 0 Å². The third kappa shape index (κ3) is 8.69. The van der Waals surface area contributed by atoms with Crippen LogP contribution in [0.5, 0.6) is 0 Å². The molecule has 0 aromatic carbocycles. The van der Waals surface area contributed by atoms with Crippen LogP contribution in [0.15, 0.2) is 49.6 Å². The monoisotopic (exact) mass is 666 g/mol. The molecule has 0 N–H and O–H groups in total. The van der Waals surface area contributed by atoms with E-state index < -0.39 is 0 Å². The first kappa shape index (κ1) is 37.6. The van der Waals surface area contributed by atoms with Crippen LogP contribution in [0, 0.1) is 0 Å². The quantitative estimate of drug-likeness (QED) is 0.182. The highest BCUT2D eigenvalue weighted by Crippen LogP contribution is 2.34. The Bertz CT molecular complexity index is 1770. The molecule has 0 atom stereocenters. The molecular weight excluding hydrogens is 608 g/mol. The smallest absolute Gasteiger partial charge is 0.252 e. The van der Waals surface area contributed by atoms with E-state index in [0.717, 1.165) is 28.5 Å². The van der Waals surface area contributed by atoms with Crippen molar-refractivity contribution in [3.63, 3.8) is 0 Å². The Morgan fingerprint density at radius 1 is 0.551 bits per heavy atom. The lowest BCUT2D eigenvalue weighted by atomic mass is 9.79. The summed E-state index contributed by atoms with van der Waals surface area (Å²) in [6, 6.07) is 1.95. The fourth-order valence-electron chi connectivity index (χ4n) is 5.64. The van der Waals surface area contributed by atoms with Crippen LogP contribution >= 0.6 is 0 Å². The molecule has 10 nitrogen and oxygen atoms in total. The Kier molecular flexibility index (Phi) is 10.4. The van der Waals surface area contributed by atoms with Crippen LogP contribution in [0.25, 0.3) is 17.2 Å². The number of rotatable bonds is 2. The summed E-state index contributed by atoms with van der Waals surface area (Å²) >= 11 is 0. The van der Waals surface area contributed by atoms with Gasteiger partial charge in [-0.05, 0) is 39.4 Å². The van der Waals surface area contributed by atoms with Crippen LogP contribution in [0.4, 0.5) is 0 Å². The molecular formula is C39H58N10. The van der Waals surface area contributed by atoms with Gasteiger partial charge in [0.15, 0.2) is 5.65 Å². The van der Waals surface area contributed by atoms with Gasteiger partial charge >= 0.3 is 0 Å². The highest BCUT2D eigenvalue weighted by molar-refractivity contribution is 5.43. The summed E-state index contributed by atoms with van der Waals surface area (Å²) in [6.45, 7) is 35.2. The second-order valence-corrected chi connectivity index (χ2v) is 17.7. The summed E-state index contributed by atoms with van der Waals surface area (Å²) in [5.41, 5.74) is 8.42. The van der Waals surface area contributed by atoms with Gasteiger partial charge in [-0.3, -0.25) is 4.40 Å². The van der Waals surface area contributed by atoms with Crippen LogP contribution in [0.3, 0.4) is 0 Å². The fourth-order valence-corrected chi connectivity index (χ4v) is 5.64. The highest BCUT2D eigenvalue weighted by Gasteiger charge is 2.29. The topological polar surface area (TPSA) is 103 Å². The first-order valence-electron chi connectivity index (χ1n) is 17.4. The Morgan fingerprint density at radius 2 is 1.14 bits per heavy atom. The van der Waals surface area contributed by atoms with Gasteiger partial charge in [-0.15, -0.1) is 0 Å². The van der Waals surface area contributed by atoms with Crippen molar-refractivity contribution in [3.05, 3.63) is 83.3 Å². The lowest BCUT2D eigenvalue weighted by Gasteiger charge is -2.28.